The van der Waals surface area contributed by atoms with Crippen molar-refractivity contribution in [3.63, 3.8) is 0 Å². The van der Waals surface area contributed by atoms with Gasteiger partial charge >= 0.3 is 0 Å². The number of amides is 1. The van der Waals surface area contributed by atoms with Gasteiger partial charge in [0.05, 0.1) is 23.1 Å². The second-order valence-corrected chi connectivity index (χ2v) is 7.50. The first-order chi connectivity index (χ1) is 13.1. The van der Waals surface area contributed by atoms with Gasteiger partial charge in [-0.05, 0) is 47.7 Å². The van der Waals surface area contributed by atoms with Gasteiger partial charge in [-0.25, -0.2) is 0 Å². The zero-order chi connectivity index (χ0) is 19.2. The van der Waals surface area contributed by atoms with Crippen LogP contribution in [0.1, 0.15) is 6.92 Å². The predicted octanol–water partition coefficient (Wildman–Crippen LogP) is 4.21. The third-order valence-corrected chi connectivity index (χ3v) is 5.10. The summed E-state index contributed by atoms with van der Waals surface area (Å²) in [5.74, 6) is 0.584. The number of nitrogens with zero attached hydrogens (tertiary/aromatic N) is 4. The number of aromatic nitrogens is 4. The Morgan fingerprint density at radius 1 is 1.33 bits per heavy atom. The van der Waals surface area contributed by atoms with Crippen LogP contribution in [0.25, 0.3) is 5.69 Å². The largest absolute Gasteiger partial charge is 0.492 e. The molecule has 140 valence electrons. The quantitative estimate of drug-likeness (QED) is 0.523. The lowest BCUT2D eigenvalue weighted by Crippen LogP contribution is -2.15. The molecule has 0 spiro atoms. The Hall–Kier alpha value is -2.10. The highest BCUT2D eigenvalue weighted by molar-refractivity contribution is 9.10. The lowest BCUT2D eigenvalue weighted by atomic mass is 10.3. The highest BCUT2D eigenvalue weighted by Gasteiger charge is 2.15. The van der Waals surface area contributed by atoms with Gasteiger partial charge in [0, 0.05) is 4.47 Å². The van der Waals surface area contributed by atoms with E-state index in [-0.39, 0.29) is 11.7 Å². The standard InChI is InChI=1S/C17H15BrClN5O2S/c1-2-26-15-6-4-3-5-14(15)24-17(21-22-23-24)27-10-16(25)20-13-8-7-11(18)9-12(13)19/h3-9H,2,10H2,1H3,(H,20,25). The van der Waals surface area contributed by atoms with E-state index in [1.54, 1.807) is 22.9 Å². The van der Waals surface area contributed by atoms with Crippen LogP contribution in [0.5, 0.6) is 5.75 Å². The topological polar surface area (TPSA) is 81.9 Å². The first-order valence-electron chi connectivity index (χ1n) is 7.96. The number of anilines is 1. The SMILES string of the molecule is CCOc1ccccc1-n1nnnc1SCC(=O)Nc1ccc(Br)cc1Cl. The van der Waals surface area contributed by atoms with Crippen molar-refractivity contribution in [2.45, 2.75) is 12.1 Å². The molecule has 1 N–H and O–H groups in total. The Bertz CT molecular complexity index is 953. The van der Waals surface area contributed by atoms with Crippen molar-refractivity contribution in [1.82, 2.24) is 20.2 Å². The van der Waals surface area contributed by atoms with Gasteiger partial charge in [-0.3, -0.25) is 4.79 Å². The van der Waals surface area contributed by atoms with Crippen LogP contribution >= 0.6 is 39.3 Å². The fourth-order valence-electron chi connectivity index (χ4n) is 2.24. The van der Waals surface area contributed by atoms with E-state index < -0.39 is 0 Å². The van der Waals surface area contributed by atoms with Crippen LogP contribution in [0.3, 0.4) is 0 Å². The number of rotatable bonds is 7. The van der Waals surface area contributed by atoms with E-state index in [1.165, 1.54) is 11.8 Å². The number of halogens is 2. The van der Waals surface area contributed by atoms with Crippen LogP contribution in [0.15, 0.2) is 52.1 Å². The lowest BCUT2D eigenvalue weighted by Gasteiger charge is -2.10. The molecule has 0 saturated carbocycles. The summed E-state index contributed by atoms with van der Waals surface area (Å²) in [4.78, 5) is 12.3. The number of para-hydroxylation sites is 2. The summed E-state index contributed by atoms with van der Waals surface area (Å²) in [6.45, 7) is 2.43. The molecule has 3 aromatic rings. The van der Waals surface area contributed by atoms with Crippen molar-refractivity contribution >= 4 is 50.9 Å². The molecule has 1 amide bonds. The number of ether oxygens (including phenoxy) is 1. The first kappa shape index (κ1) is 19.7. The van der Waals surface area contributed by atoms with Gasteiger partial charge in [-0.2, -0.15) is 4.68 Å². The van der Waals surface area contributed by atoms with Crippen LogP contribution in [-0.2, 0) is 4.79 Å². The number of hydrogen-bond donors (Lipinski definition) is 1. The Kier molecular flexibility index (Phi) is 6.70. The molecule has 3 rings (SSSR count). The molecular formula is C17H15BrClN5O2S. The Balaban J connectivity index is 1.69. The summed E-state index contributed by atoms with van der Waals surface area (Å²) in [5, 5.41) is 15.4. The van der Waals surface area contributed by atoms with E-state index in [0.717, 1.165) is 4.47 Å². The van der Waals surface area contributed by atoms with Gasteiger partial charge in [0.1, 0.15) is 11.4 Å². The van der Waals surface area contributed by atoms with Gasteiger partial charge < -0.3 is 10.1 Å². The highest BCUT2D eigenvalue weighted by Crippen LogP contribution is 2.27. The van der Waals surface area contributed by atoms with Gasteiger partial charge in [0.25, 0.3) is 0 Å². The molecule has 10 heteroatoms. The van der Waals surface area contributed by atoms with Crippen LogP contribution in [-0.4, -0.2) is 38.5 Å². The molecule has 0 saturated heterocycles. The monoisotopic (exact) mass is 467 g/mol. The van der Waals surface area contributed by atoms with Gasteiger partial charge in [0.15, 0.2) is 0 Å². The third-order valence-electron chi connectivity index (χ3n) is 3.37. The number of carbonyl (C=O) groups is 1. The molecule has 0 aliphatic rings. The van der Waals surface area contributed by atoms with Crippen LogP contribution in [0.2, 0.25) is 5.02 Å². The summed E-state index contributed by atoms with van der Waals surface area (Å²) >= 11 is 10.7. The molecular weight excluding hydrogens is 454 g/mol. The second-order valence-electron chi connectivity index (χ2n) is 5.24. The van der Waals surface area contributed by atoms with E-state index in [0.29, 0.717) is 33.9 Å². The zero-order valence-corrected chi connectivity index (χ0v) is 17.4. The molecule has 0 atom stereocenters. The lowest BCUT2D eigenvalue weighted by molar-refractivity contribution is -0.113. The maximum absolute atomic E-state index is 12.3. The normalized spacial score (nSPS) is 10.6. The number of tetrazole rings is 1. The fourth-order valence-corrected chi connectivity index (χ4v) is 3.64. The molecule has 0 aliphatic carbocycles. The molecule has 0 bridgehead atoms. The Morgan fingerprint density at radius 3 is 2.93 bits per heavy atom. The molecule has 27 heavy (non-hydrogen) atoms. The van der Waals surface area contributed by atoms with E-state index >= 15 is 0 Å². The number of thioether (sulfide) groups is 1. The summed E-state index contributed by atoms with van der Waals surface area (Å²) in [6, 6.07) is 12.7. The number of benzene rings is 2. The number of carbonyl (C=O) groups excluding carboxylic acids is 1. The molecule has 0 unspecified atom stereocenters. The van der Waals surface area contributed by atoms with Crippen LogP contribution in [0, 0.1) is 0 Å². The predicted molar refractivity (Wildman–Crippen MR) is 109 cm³/mol. The van der Waals surface area contributed by atoms with Crippen molar-refractivity contribution in [3.8, 4) is 11.4 Å². The third kappa shape index (κ3) is 5.00. The van der Waals surface area contributed by atoms with E-state index in [1.807, 2.05) is 31.2 Å². The Morgan fingerprint density at radius 2 is 2.15 bits per heavy atom. The fraction of sp³-hybridized carbons (Fsp3) is 0.176. The smallest absolute Gasteiger partial charge is 0.234 e. The van der Waals surface area contributed by atoms with Gasteiger partial charge in [-0.1, -0.05) is 51.4 Å². The summed E-state index contributed by atoms with van der Waals surface area (Å²) < 4.78 is 8.01. The summed E-state index contributed by atoms with van der Waals surface area (Å²) in [7, 11) is 0. The van der Waals surface area contributed by atoms with Crippen molar-refractivity contribution in [3.05, 3.63) is 52.0 Å². The minimum absolute atomic E-state index is 0.129. The molecule has 1 aromatic heterocycles. The maximum atomic E-state index is 12.3. The second kappa shape index (κ2) is 9.20. The minimum atomic E-state index is -0.211. The minimum Gasteiger partial charge on any atom is -0.492 e. The average Bonchev–Trinajstić information content (AvgIpc) is 3.11. The number of hydrogen-bond acceptors (Lipinski definition) is 6. The summed E-state index contributed by atoms with van der Waals surface area (Å²) in [5.41, 5.74) is 1.26. The van der Waals surface area contributed by atoms with Gasteiger partial charge in [-0.15, -0.1) is 5.10 Å². The van der Waals surface area contributed by atoms with Gasteiger partial charge in [0.2, 0.25) is 11.1 Å². The first-order valence-corrected chi connectivity index (χ1v) is 10.1. The van der Waals surface area contributed by atoms with Crippen molar-refractivity contribution in [2.24, 2.45) is 0 Å². The van der Waals surface area contributed by atoms with E-state index in [4.69, 9.17) is 16.3 Å². The molecule has 0 radical (unpaired) electrons. The molecule has 7 nitrogen and oxygen atoms in total. The molecule has 0 aliphatic heterocycles. The molecule has 1 heterocycles. The molecule has 2 aromatic carbocycles. The number of nitrogens with one attached hydrogen (secondary N) is 1. The maximum Gasteiger partial charge on any atom is 0.234 e. The van der Waals surface area contributed by atoms with Crippen molar-refractivity contribution in [1.29, 1.82) is 0 Å². The van der Waals surface area contributed by atoms with E-state index in [9.17, 15) is 4.79 Å². The highest BCUT2D eigenvalue weighted by atomic mass is 79.9. The van der Waals surface area contributed by atoms with Crippen LogP contribution < -0.4 is 10.1 Å². The zero-order valence-electron chi connectivity index (χ0n) is 14.2. The Labute approximate surface area is 173 Å². The van der Waals surface area contributed by atoms with Crippen LogP contribution in [0.4, 0.5) is 5.69 Å². The van der Waals surface area contributed by atoms with Crippen molar-refractivity contribution in [2.75, 3.05) is 17.7 Å². The molecule has 0 fully saturated rings. The van der Waals surface area contributed by atoms with E-state index in [2.05, 4.69) is 36.8 Å². The average molecular weight is 469 g/mol. The summed E-state index contributed by atoms with van der Waals surface area (Å²) in [6.07, 6.45) is 0. The van der Waals surface area contributed by atoms with Crippen molar-refractivity contribution < 1.29 is 9.53 Å².